The third kappa shape index (κ3) is 4.03. The fourth-order valence-electron chi connectivity index (χ4n) is 3.34. The van der Waals surface area contributed by atoms with Crippen LogP contribution in [0.2, 0.25) is 0 Å². The highest BCUT2D eigenvalue weighted by atomic mass is 16.1. The summed E-state index contributed by atoms with van der Waals surface area (Å²) in [7, 11) is 1.82. The number of aromatic nitrogens is 2. The molecule has 128 valence electrons. The van der Waals surface area contributed by atoms with E-state index >= 15 is 0 Å². The Labute approximate surface area is 143 Å². The summed E-state index contributed by atoms with van der Waals surface area (Å²) in [6, 6.07) is 6.83. The summed E-state index contributed by atoms with van der Waals surface area (Å²) >= 11 is 0. The molecule has 1 aliphatic heterocycles. The van der Waals surface area contributed by atoms with E-state index in [1.54, 1.807) is 17.1 Å². The summed E-state index contributed by atoms with van der Waals surface area (Å²) in [4.78, 5) is 14.8. The molecule has 1 fully saturated rings. The molecule has 0 spiro atoms. The van der Waals surface area contributed by atoms with E-state index < -0.39 is 0 Å². The molecule has 2 aromatic rings. The third-order valence-electron chi connectivity index (χ3n) is 4.71. The molecule has 0 bridgehead atoms. The van der Waals surface area contributed by atoms with Gasteiger partial charge in [0.1, 0.15) is 0 Å². The van der Waals surface area contributed by atoms with Crippen molar-refractivity contribution in [3.63, 3.8) is 0 Å². The Hall–Kier alpha value is -2.14. The molecular weight excluding hydrogens is 300 g/mol. The second-order valence-electron chi connectivity index (χ2n) is 6.88. The molecule has 24 heavy (non-hydrogen) atoms. The van der Waals surface area contributed by atoms with E-state index in [4.69, 9.17) is 0 Å². The van der Waals surface area contributed by atoms with E-state index in [1.807, 2.05) is 7.05 Å². The van der Waals surface area contributed by atoms with Gasteiger partial charge in [-0.2, -0.15) is 5.10 Å². The quantitative estimate of drug-likeness (QED) is 0.939. The van der Waals surface area contributed by atoms with Gasteiger partial charge in [0.2, 0.25) is 0 Å². The Morgan fingerprint density at radius 2 is 2.21 bits per heavy atom. The van der Waals surface area contributed by atoms with Crippen molar-refractivity contribution >= 4 is 5.91 Å². The van der Waals surface area contributed by atoms with Gasteiger partial charge in [0.15, 0.2) is 0 Å². The Bertz CT molecular complexity index is 722. The minimum absolute atomic E-state index is 0.0262. The van der Waals surface area contributed by atoms with Crippen LogP contribution in [0.5, 0.6) is 0 Å². The molecule has 1 aromatic heterocycles. The Morgan fingerprint density at radius 3 is 2.96 bits per heavy atom. The summed E-state index contributed by atoms with van der Waals surface area (Å²) in [5.74, 6) is -0.0262. The highest BCUT2D eigenvalue weighted by Crippen LogP contribution is 2.17. The molecule has 1 aromatic carbocycles. The Kier molecular flexibility index (Phi) is 5.00. The van der Waals surface area contributed by atoms with E-state index in [2.05, 4.69) is 47.4 Å². The molecule has 1 aliphatic rings. The van der Waals surface area contributed by atoms with Crippen molar-refractivity contribution in [2.75, 3.05) is 13.1 Å². The van der Waals surface area contributed by atoms with Crippen LogP contribution in [0.1, 0.15) is 39.9 Å². The SMILES string of the molecule is Cc1ccc(C)c(CN2CCCC(NC(=O)c3cnn(C)c3)C2)c1. The molecule has 2 heterocycles. The summed E-state index contributed by atoms with van der Waals surface area (Å²) in [6.07, 6.45) is 5.52. The smallest absolute Gasteiger partial charge is 0.254 e. The van der Waals surface area contributed by atoms with Crippen LogP contribution in [0.15, 0.2) is 30.6 Å². The summed E-state index contributed by atoms with van der Waals surface area (Å²) in [5, 5.41) is 7.22. The van der Waals surface area contributed by atoms with Crippen molar-refractivity contribution in [1.82, 2.24) is 20.0 Å². The Balaban J connectivity index is 1.60. The lowest BCUT2D eigenvalue weighted by atomic mass is 10.0. The number of aryl methyl sites for hydroxylation is 3. The molecule has 1 amide bonds. The monoisotopic (exact) mass is 326 g/mol. The van der Waals surface area contributed by atoms with Gasteiger partial charge in [-0.1, -0.05) is 23.8 Å². The van der Waals surface area contributed by atoms with Crippen molar-refractivity contribution in [3.05, 3.63) is 52.8 Å². The number of benzene rings is 1. The maximum Gasteiger partial charge on any atom is 0.254 e. The second kappa shape index (κ2) is 7.18. The maximum atomic E-state index is 12.3. The standard InChI is InChI=1S/C19H26N4O/c1-14-6-7-15(2)16(9-14)12-23-8-4-5-18(13-23)21-19(24)17-10-20-22(3)11-17/h6-7,9-11,18H,4-5,8,12-13H2,1-3H3,(H,21,24). The highest BCUT2D eigenvalue weighted by Gasteiger charge is 2.22. The second-order valence-corrected chi connectivity index (χ2v) is 6.88. The Morgan fingerprint density at radius 1 is 1.38 bits per heavy atom. The number of nitrogens with one attached hydrogen (secondary N) is 1. The van der Waals surface area contributed by atoms with Crippen LogP contribution in [-0.4, -0.2) is 39.7 Å². The number of piperidine rings is 1. The van der Waals surface area contributed by atoms with Gasteiger partial charge >= 0.3 is 0 Å². The summed E-state index contributed by atoms with van der Waals surface area (Å²) < 4.78 is 1.66. The zero-order valence-electron chi connectivity index (χ0n) is 14.7. The van der Waals surface area contributed by atoms with Crippen LogP contribution in [-0.2, 0) is 13.6 Å². The number of nitrogens with zero attached hydrogens (tertiary/aromatic N) is 3. The van der Waals surface area contributed by atoms with Gasteiger partial charge in [-0.3, -0.25) is 14.4 Å². The summed E-state index contributed by atoms with van der Waals surface area (Å²) in [5.41, 5.74) is 4.65. The molecule has 1 saturated heterocycles. The molecule has 1 atom stereocenters. The number of rotatable bonds is 4. The number of amides is 1. The molecule has 5 heteroatoms. The van der Waals surface area contributed by atoms with Crippen molar-refractivity contribution in [1.29, 1.82) is 0 Å². The molecule has 0 radical (unpaired) electrons. The fraction of sp³-hybridized carbons (Fsp3) is 0.474. The lowest BCUT2D eigenvalue weighted by molar-refractivity contribution is 0.0900. The number of carbonyl (C=O) groups is 1. The lowest BCUT2D eigenvalue weighted by Gasteiger charge is -2.33. The molecule has 1 N–H and O–H groups in total. The number of hydrogen-bond acceptors (Lipinski definition) is 3. The number of likely N-dealkylation sites (tertiary alicyclic amines) is 1. The average Bonchev–Trinajstić information content (AvgIpc) is 2.98. The van der Waals surface area contributed by atoms with Crippen molar-refractivity contribution < 1.29 is 4.79 Å². The van der Waals surface area contributed by atoms with Gasteiger partial charge < -0.3 is 5.32 Å². The predicted molar refractivity (Wildman–Crippen MR) is 94.9 cm³/mol. The molecule has 5 nitrogen and oxygen atoms in total. The fourth-order valence-corrected chi connectivity index (χ4v) is 3.34. The normalized spacial score (nSPS) is 18.5. The van der Waals surface area contributed by atoms with Crippen LogP contribution in [0, 0.1) is 13.8 Å². The van der Waals surface area contributed by atoms with Crippen molar-refractivity contribution in [2.24, 2.45) is 7.05 Å². The molecule has 3 rings (SSSR count). The summed E-state index contributed by atoms with van der Waals surface area (Å²) in [6.45, 7) is 7.25. The number of carbonyl (C=O) groups excluding carboxylic acids is 1. The zero-order valence-corrected chi connectivity index (χ0v) is 14.7. The zero-order chi connectivity index (χ0) is 17.1. The minimum Gasteiger partial charge on any atom is -0.348 e. The van der Waals surface area contributed by atoms with Crippen LogP contribution in [0.3, 0.4) is 0 Å². The number of hydrogen-bond donors (Lipinski definition) is 1. The topological polar surface area (TPSA) is 50.2 Å². The van der Waals surface area contributed by atoms with Crippen molar-refractivity contribution in [2.45, 2.75) is 39.3 Å². The van der Waals surface area contributed by atoms with Gasteiger partial charge in [0.25, 0.3) is 5.91 Å². The minimum atomic E-state index is -0.0262. The van der Waals surface area contributed by atoms with Crippen molar-refractivity contribution in [3.8, 4) is 0 Å². The van der Waals surface area contributed by atoms with Crippen LogP contribution in [0.4, 0.5) is 0 Å². The molecule has 0 aliphatic carbocycles. The first kappa shape index (κ1) is 16.7. The van der Waals surface area contributed by atoms with Crippen LogP contribution in [0.25, 0.3) is 0 Å². The first-order chi connectivity index (χ1) is 11.5. The third-order valence-corrected chi connectivity index (χ3v) is 4.71. The first-order valence-corrected chi connectivity index (χ1v) is 8.59. The van der Waals surface area contributed by atoms with Crippen LogP contribution < -0.4 is 5.32 Å². The predicted octanol–water partition coefficient (Wildman–Crippen LogP) is 2.43. The van der Waals surface area contributed by atoms with Gasteiger partial charge in [-0.25, -0.2) is 0 Å². The first-order valence-electron chi connectivity index (χ1n) is 8.59. The molecular formula is C19H26N4O. The van der Waals surface area contributed by atoms with E-state index in [1.165, 1.54) is 16.7 Å². The highest BCUT2D eigenvalue weighted by molar-refractivity contribution is 5.93. The van der Waals surface area contributed by atoms with Gasteiger partial charge in [-0.15, -0.1) is 0 Å². The van der Waals surface area contributed by atoms with E-state index in [9.17, 15) is 4.79 Å². The van der Waals surface area contributed by atoms with Crippen LogP contribution >= 0.6 is 0 Å². The van der Waals surface area contributed by atoms with Gasteiger partial charge in [-0.05, 0) is 44.4 Å². The van der Waals surface area contributed by atoms with Gasteiger partial charge in [0.05, 0.1) is 11.8 Å². The van der Waals surface area contributed by atoms with E-state index in [0.717, 1.165) is 32.5 Å². The largest absolute Gasteiger partial charge is 0.348 e. The maximum absolute atomic E-state index is 12.3. The molecule has 1 unspecified atom stereocenters. The van der Waals surface area contributed by atoms with E-state index in [-0.39, 0.29) is 11.9 Å². The van der Waals surface area contributed by atoms with Gasteiger partial charge in [0, 0.05) is 32.4 Å². The van der Waals surface area contributed by atoms with E-state index in [0.29, 0.717) is 5.56 Å². The average molecular weight is 326 g/mol. The lowest BCUT2D eigenvalue weighted by Crippen LogP contribution is -2.47. The molecule has 0 saturated carbocycles.